The molecule has 2 aromatic carbocycles. The second-order valence-electron chi connectivity index (χ2n) is 5.10. The number of amides is 1. The molecule has 8 heteroatoms. The van der Waals surface area contributed by atoms with Crippen molar-refractivity contribution in [1.82, 2.24) is 5.32 Å². The van der Waals surface area contributed by atoms with Crippen LogP contribution in [0.3, 0.4) is 0 Å². The van der Waals surface area contributed by atoms with Crippen molar-refractivity contribution in [2.75, 3.05) is 11.4 Å². The van der Waals surface area contributed by atoms with Crippen LogP contribution < -0.4 is 9.62 Å². The van der Waals surface area contributed by atoms with Crippen LogP contribution in [0.25, 0.3) is 0 Å². The number of hydrogen-bond donors (Lipinski definition) is 2. The highest BCUT2D eigenvalue weighted by Crippen LogP contribution is 2.40. The molecular formula is C15H13ClN2O4S. The average molecular weight is 353 g/mol. The molecule has 0 saturated heterocycles. The van der Waals surface area contributed by atoms with Gasteiger partial charge in [0.1, 0.15) is 0 Å². The zero-order valence-electron chi connectivity index (χ0n) is 12.0. The Morgan fingerprint density at radius 2 is 1.91 bits per heavy atom. The molecular weight excluding hydrogens is 340 g/mol. The van der Waals surface area contributed by atoms with E-state index >= 15 is 0 Å². The molecule has 0 aliphatic carbocycles. The summed E-state index contributed by atoms with van der Waals surface area (Å²) < 4.78 is 26.9. The summed E-state index contributed by atoms with van der Waals surface area (Å²) in [6, 6.07) is 10.4. The molecule has 0 bridgehead atoms. The number of para-hydroxylation sites is 1. The van der Waals surface area contributed by atoms with E-state index in [9.17, 15) is 13.2 Å². The molecule has 1 amide bonds. The molecule has 0 radical (unpaired) electrons. The number of halogens is 1. The molecule has 1 unspecified atom stereocenters. The quantitative estimate of drug-likeness (QED) is 0.826. The molecule has 1 atom stereocenters. The van der Waals surface area contributed by atoms with Gasteiger partial charge in [0.25, 0.3) is 10.0 Å². The number of rotatable bonds is 1. The highest BCUT2D eigenvalue weighted by molar-refractivity contribution is 7.92. The number of sulfonamides is 1. The Morgan fingerprint density at radius 1 is 1.22 bits per heavy atom. The maximum Gasteiger partial charge on any atom is 0.405 e. The van der Waals surface area contributed by atoms with E-state index in [-0.39, 0.29) is 9.92 Å². The van der Waals surface area contributed by atoms with E-state index in [1.165, 1.54) is 19.2 Å². The summed E-state index contributed by atoms with van der Waals surface area (Å²) in [6.45, 7) is 0. The lowest BCUT2D eigenvalue weighted by atomic mass is 9.97. The van der Waals surface area contributed by atoms with Gasteiger partial charge in [-0.15, -0.1) is 0 Å². The van der Waals surface area contributed by atoms with Crippen molar-refractivity contribution in [1.29, 1.82) is 0 Å². The van der Waals surface area contributed by atoms with Gasteiger partial charge in [-0.2, -0.15) is 0 Å². The van der Waals surface area contributed by atoms with Crippen LogP contribution in [0, 0.1) is 0 Å². The normalized spacial score (nSPS) is 18.5. The smallest absolute Gasteiger partial charge is 0.405 e. The number of carbonyl (C=O) groups is 1. The number of carboxylic acid groups (broad SMARTS) is 1. The van der Waals surface area contributed by atoms with Crippen molar-refractivity contribution in [3.8, 4) is 0 Å². The Bertz CT molecular complexity index is 898. The Hall–Kier alpha value is -2.25. The van der Waals surface area contributed by atoms with E-state index in [1.807, 2.05) is 0 Å². The predicted molar refractivity (Wildman–Crippen MR) is 86.5 cm³/mol. The fourth-order valence-corrected chi connectivity index (χ4v) is 4.43. The summed E-state index contributed by atoms with van der Waals surface area (Å²) in [6.07, 6.45) is -1.24. The van der Waals surface area contributed by atoms with Crippen molar-refractivity contribution in [3.05, 3.63) is 58.6 Å². The van der Waals surface area contributed by atoms with E-state index in [4.69, 9.17) is 16.7 Å². The molecule has 6 nitrogen and oxygen atoms in total. The van der Waals surface area contributed by atoms with E-state index in [0.717, 1.165) is 4.31 Å². The van der Waals surface area contributed by atoms with Crippen LogP contribution in [0.4, 0.5) is 10.5 Å². The monoisotopic (exact) mass is 352 g/mol. The summed E-state index contributed by atoms with van der Waals surface area (Å²) >= 11 is 5.95. The topological polar surface area (TPSA) is 86.7 Å². The first kappa shape index (κ1) is 15.6. The molecule has 0 saturated carbocycles. The van der Waals surface area contributed by atoms with Gasteiger partial charge in [0, 0.05) is 17.6 Å². The molecule has 120 valence electrons. The summed E-state index contributed by atoms with van der Waals surface area (Å²) in [5.74, 6) is 0. The number of benzene rings is 2. The molecule has 2 aromatic rings. The van der Waals surface area contributed by atoms with Crippen LogP contribution >= 0.6 is 11.6 Å². The maximum absolute atomic E-state index is 12.9. The van der Waals surface area contributed by atoms with E-state index < -0.39 is 22.2 Å². The number of nitrogens with one attached hydrogen (secondary N) is 1. The fraction of sp³-hybridized carbons (Fsp3) is 0.133. The van der Waals surface area contributed by atoms with Crippen molar-refractivity contribution >= 4 is 33.4 Å². The molecule has 0 spiro atoms. The van der Waals surface area contributed by atoms with Crippen LogP contribution in [-0.4, -0.2) is 26.7 Å². The highest BCUT2D eigenvalue weighted by atomic mass is 35.5. The van der Waals surface area contributed by atoms with E-state index in [2.05, 4.69) is 5.32 Å². The lowest BCUT2D eigenvalue weighted by molar-refractivity contribution is 0.191. The zero-order valence-corrected chi connectivity index (χ0v) is 13.6. The number of hydrogen-bond acceptors (Lipinski definition) is 3. The number of anilines is 1. The van der Waals surface area contributed by atoms with Crippen LogP contribution in [0.1, 0.15) is 17.2 Å². The Morgan fingerprint density at radius 3 is 2.61 bits per heavy atom. The van der Waals surface area contributed by atoms with Crippen molar-refractivity contribution in [2.45, 2.75) is 10.9 Å². The van der Waals surface area contributed by atoms with Crippen LogP contribution in [0.5, 0.6) is 0 Å². The van der Waals surface area contributed by atoms with Gasteiger partial charge in [-0.05, 0) is 23.8 Å². The Labute approximate surface area is 138 Å². The Kier molecular flexibility index (Phi) is 3.69. The molecule has 3 rings (SSSR count). The standard InChI is InChI=1S/C15H13ClN2O4S/c1-18-12-5-3-2-4-10(12)14(17-15(19)20)11-7-6-9(16)8-13(11)23(18,21)22/h2-8,14,17H,1H3,(H,19,20). The van der Waals surface area contributed by atoms with Crippen molar-refractivity contribution in [3.63, 3.8) is 0 Å². The molecule has 23 heavy (non-hydrogen) atoms. The maximum atomic E-state index is 12.9. The van der Waals surface area contributed by atoms with Gasteiger partial charge in [0.15, 0.2) is 0 Å². The van der Waals surface area contributed by atoms with Crippen molar-refractivity contribution in [2.24, 2.45) is 0 Å². The summed E-state index contributed by atoms with van der Waals surface area (Å²) in [5, 5.41) is 11.8. The van der Waals surface area contributed by atoms with Gasteiger partial charge in [0.05, 0.1) is 16.6 Å². The fourth-order valence-electron chi connectivity index (χ4n) is 2.71. The lowest BCUT2D eigenvalue weighted by Crippen LogP contribution is -2.28. The third kappa shape index (κ3) is 2.51. The SMILES string of the molecule is CN1c2ccccc2C(NC(=O)O)c2ccc(Cl)cc2S1(=O)=O. The van der Waals surface area contributed by atoms with Gasteiger partial charge in [-0.25, -0.2) is 13.2 Å². The number of nitrogens with zero attached hydrogens (tertiary/aromatic N) is 1. The van der Waals surface area contributed by atoms with Gasteiger partial charge in [-0.1, -0.05) is 35.9 Å². The minimum atomic E-state index is -3.85. The first-order valence-electron chi connectivity index (χ1n) is 6.69. The minimum absolute atomic E-state index is 0.0116. The summed E-state index contributed by atoms with van der Waals surface area (Å²) in [7, 11) is -2.41. The molecule has 1 aliphatic rings. The van der Waals surface area contributed by atoms with Gasteiger partial charge >= 0.3 is 6.09 Å². The summed E-state index contributed by atoms with van der Waals surface area (Å²) in [5.41, 5.74) is 1.31. The second-order valence-corrected chi connectivity index (χ2v) is 7.47. The molecule has 2 N–H and O–H groups in total. The second kappa shape index (κ2) is 5.43. The van der Waals surface area contributed by atoms with Gasteiger partial charge in [0.2, 0.25) is 0 Å². The van der Waals surface area contributed by atoms with Gasteiger partial charge in [-0.3, -0.25) is 4.31 Å². The lowest BCUT2D eigenvalue weighted by Gasteiger charge is -2.20. The third-order valence-corrected chi connectivity index (χ3v) is 5.84. The van der Waals surface area contributed by atoms with Crippen molar-refractivity contribution < 1.29 is 18.3 Å². The predicted octanol–water partition coefficient (Wildman–Crippen LogP) is 2.84. The number of fused-ring (bicyclic) bond motifs is 2. The largest absolute Gasteiger partial charge is 0.465 e. The van der Waals surface area contributed by atoms with E-state index in [0.29, 0.717) is 16.8 Å². The third-order valence-electron chi connectivity index (χ3n) is 3.78. The van der Waals surface area contributed by atoms with Gasteiger partial charge < -0.3 is 10.4 Å². The molecule has 1 heterocycles. The van der Waals surface area contributed by atoms with E-state index in [1.54, 1.807) is 30.3 Å². The van der Waals surface area contributed by atoms with Crippen LogP contribution in [-0.2, 0) is 10.0 Å². The Balaban J connectivity index is 2.38. The molecule has 0 aromatic heterocycles. The van der Waals surface area contributed by atoms with Crippen LogP contribution in [0.2, 0.25) is 5.02 Å². The zero-order chi connectivity index (χ0) is 16.8. The summed E-state index contributed by atoms with van der Waals surface area (Å²) in [4.78, 5) is 11.2. The van der Waals surface area contributed by atoms with Crippen LogP contribution in [0.15, 0.2) is 47.4 Å². The molecule has 1 aliphatic heterocycles. The highest BCUT2D eigenvalue weighted by Gasteiger charge is 2.35. The first-order chi connectivity index (χ1) is 10.8. The molecule has 0 fully saturated rings. The average Bonchev–Trinajstić information content (AvgIpc) is 2.57. The first-order valence-corrected chi connectivity index (χ1v) is 8.51. The minimum Gasteiger partial charge on any atom is -0.465 e.